The summed E-state index contributed by atoms with van der Waals surface area (Å²) in [6, 6.07) is 18.1. The number of hydrogen-bond donors (Lipinski definition) is 2. The lowest BCUT2D eigenvalue weighted by atomic mass is 10.2. The number of nitrogens with one attached hydrogen (secondary N) is 2. The molecule has 37 heavy (non-hydrogen) atoms. The first-order valence-corrected chi connectivity index (χ1v) is 13.3. The van der Waals surface area contributed by atoms with E-state index < -0.39 is 10.0 Å². The number of nitrogens with zero attached hydrogens (tertiary/aromatic N) is 1. The van der Waals surface area contributed by atoms with Crippen LogP contribution >= 0.6 is 11.3 Å². The molecule has 0 aliphatic rings. The number of benzene rings is 3. The van der Waals surface area contributed by atoms with Crippen LogP contribution in [-0.4, -0.2) is 41.5 Å². The summed E-state index contributed by atoms with van der Waals surface area (Å²) < 4.78 is 39.0. The highest BCUT2D eigenvalue weighted by molar-refractivity contribution is 7.92. The van der Waals surface area contributed by atoms with Crippen molar-refractivity contribution < 1.29 is 27.5 Å². The summed E-state index contributed by atoms with van der Waals surface area (Å²) >= 11 is 1.30. The molecule has 0 radical (unpaired) electrons. The molecule has 2 N–H and O–H groups in total. The van der Waals surface area contributed by atoms with E-state index in [1.54, 1.807) is 54.6 Å². The third-order valence-corrected chi connectivity index (χ3v) is 8.46. The predicted octanol–water partition coefficient (Wildman–Crippen LogP) is 4.95. The Balaban J connectivity index is 1.55. The topological polar surface area (TPSA) is 114 Å². The normalized spacial score (nSPS) is 11.1. The molecule has 0 fully saturated rings. The van der Waals surface area contributed by atoms with Gasteiger partial charge in [0.05, 0.1) is 29.7 Å². The van der Waals surface area contributed by atoms with Crippen molar-refractivity contribution in [1.29, 1.82) is 0 Å². The molecule has 11 heteroatoms. The quantitative estimate of drug-likeness (QED) is 0.327. The zero-order valence-corrected chi connectivity index (χ0v) is 22.2. The molecule has 0 atom stereocenters. The fourth-order valence-electron chi connectivity index (χ4n) is 3.65. The maximum Gasteiger partial charge on any atom is 0.265 e. The number of anilines is 3. The average Bonchev–Trinajstić information content (AvgIpc) is 3.32. The third-order valence-electron chi connectivity index (χ3n) is 5.56. The van der Waals surface area contributed by atoms with E-state index >= 15 is 0 Å². The van der Waals surface area contributed by atoms with E-state index in [2.05, 4.69) is 10.6 Å². The number of hydrogen-bond acceptors (Lipinski definition) is 7. The van der Waals surface area contributed by atoms with Crippen LogP contribution in [0.4, 0.5) is 17.1 Å². The first-order chi connectivity index (χ1) is 17.6. The van der Waals surface area contributed by atoms with E-state index in [-0.39, 0.29) is 16.7 Å². The molecular formula is C26H25N3O6S2. The van der Waals surface area contributed by atoms with Gasteiger partial charge in [-0.3, -0.25) is 13.9 Å². The monoisotopic (exact) mass is 539 g/mol. The first kappa shape index (κ1) is 26.0. The summed E-state index contributed by atoms with van der Waals surface area (Å²) in [6.07, 6.45) is 0. The first-order valence-electron chi connectivity index (χ1n) is 11.1. The van der Waals surface area contributed by atoms with Gasteiger partial charge in [0.1, 0.15) is 0 Å². The summed E-state index contributed by atoms with van der Waals surface area (Å²) in [4.78, 5) is 24.5. The Kier molecular flexibility index (Phi) is 7.37. The minimum atomic E-state index is -3.88. The zero-order valence-electron chi connectivity index (χ0n) is 20.6. The number of amides is 2. The van der Waals surface area contributed by atoms with Gasteiger partial charge in [0.15, 0.2) is 11.5 Å². The van der Waals surface area contributed by atoms with Gasteiger partial charge in [0.2, 0.25) is 5.91 Å². The molecule has 0 aliphatic carbocycles. The van der Waals surface area contributed by atoms with Crippen molar-refractivity contribution in [2.75, 3.05) is 36.2 Å². The number of thiophene rings is 1. The van der Waals surface area contributed by atoms with Crippen LogP contribution in [0.5, 0.6) is 11.5 Å². The Morgan fingerprint density at radius 2 is 1.49 bits per heavy atom. The van der Waals surface area contributed by atoms with Gasteiger partial charge in [-0.05, 0) is 66.0 Å². The second-order valence-corrected chi connectivity index (χ2v) is 11.1. The summed E-state index contributed by atoms with van der Waals surface area (Å²) in [6.45, 7) is 1.42. The van der Waals surface area contributed by atoms with Gasteiger partial charge in [0, 0.05) is 36.1 Å². The second-order valence-electron chi connectivity index (χ2n) is 8.03. The van der Waals surface area contributed by atoms with Crippen molar-refractivity contribution >= 4 is 60.3 Å². The molecule has 1 heterocycles. The van der Waals surface area contributed by atoms with E-state index in [1.165, 1.54) is 56.0 Å². The molecule has 4 aromatic rings. The van der Waals surface area contributed by atoms with Crippen LogP contribution in [0, 0.1) is 0 Å². The maximum absolute atomic E-state index is 13.3. The molecule has 0 saturated heterocycles. The van der Waals surface area contributed by atoms with Crippen molar-refractivity contribution in [2.24, 2.45) is 0 Å². The standard InChI is InChI=1S/C26H25N3O6S2/c1-16(30)27-18-5-7-19(8-6-18)28-26(31)25-14-17-13-20(9-12-24(17)36-25)29(2)37(32,33)21-10-11-22(34-3)23(15-21)35-4/h5-15H,1-4H3,(H,27,30)(H,28,31). The number of carbonyl (C=O) groups is 2. The van der Waals surface area contributed by atoms with Gasteiger partial charge in [-0.1, -0.05) is 0 Å². The Labute approximate surface area is 218 Å². The van der Waals surface area contributed by atoms with E-state index in [0.717, 1.165) is 10.1 Å². The molecule has 0 unspecified atom stereocenters. The molecule has 4 rings (SSSR count). The van der Waals surface area contributed by atoms with E-state index in [9.17, 15) is 18.0 Å². The second kappa shape index (κ2) is 10.5. The van der Waals surface area contributed by atoms with Gasteiger partial charge < -0.3 is 20.1 Å². The van der Waals surface area contributed by atoms with Crippen LogP contribution in [0.25, 0.3) is 10.1 Å². The smallest absolute Gasteiger partial charge is 0.265 e. The SMILES string of the molecule is COc1ccc(S(=O)(=O)N(C)c2ccc3sc(C(=O)Nc4ccc(NC(C)=O)cc4)cc3c2)cc1OC. The maximum atomic E-state index is 13.3. The van der Waals surface area contributed by atoms with Crippen LogP contribution in [0.1, 0.15) is 16.6 Å². The number of sulfonamides is 1. The van der Waals surface area contributed by atoms with Crippen LogP contribution in [0.15, 0.2) is 71.6 Å². The number of methoxy groups -OCH3 is 2. The largest absolute Gasteiger partial charge is 0.493 e. The van der Waals surface area contributed by atoms with E-state index in [4.69, 9.17) is 9.47 Å². The lowest BCUT2D eigenvalue weighted by molar-refractivity contribution is -0.114. The van der Waals surface area contributed by atoms with Gasteiger partial charge in [0.25, 0.3) is 15.9 Å². The highest BCUT2D eigenvalue weighted by Gasteiger charge is 2.24. The molecule has 0 saturated carbocycles. The van der Waals surface area contributed by atoms with Crippen LogP contribution in [-0.2, 0) is 14.8 Å². The molecule has 2 amide bonds. The van der Waals surface area contributed by atoms with Crippen LogP contribution in [0.3, 0.4) is 0 Å². The molecular weight excluding hydrogens is 514 g/mol. The minimum absolute atomic E-state index is 0.0580. The third kappa shape index (κ3) is 5.52. The zero-order chi connectivity index (χ0) is 26.7. The lowest BCUT2D eigenvalue weighted by Crippen LogP contribution is -2.26. The Bertz CT molecular complexity index is 1580. The number of ether oxygens (including phenoxy) is 2. The van der Waals surface area contributed by atoms with Gasteiger partial charge in [-0.15, -0.1) is 11.3 Å². The van der Waals surface area contributed by atoms with Gasteiger partial charge in [-0.2, -0.15) is 0 Å². The summed E-state index contributed by atoms with van der Waals surface area (Å²) in [5, 5.41) is 6.24. The van der Waals surface area contributed by atoms with Crippen LogP contribution < -0.4 is 24.4 Å². The van der Waals surface area contributed by atoms with Crippen molar-refractivity contribution in [3.63, 3.8) is 0 Å². The Morgan fingerprint density at radius 1 is 0.838 bits per heavy atom. The summed E-state index contributed by atoms with van der Waals surface area (Å²) in [7, 11) is 0.506. The molecule has 3 aromatic carbocycles. The Hall–Kier alpha value is -4.09. The predicted molar refractivity (Wildman–Crippen MR) is 146 cm³/mol. The average molecular weight is 540 g/mol. The molecule has 192 valence electrons. The van der Waals surface area contributed by atoms with Crippen LogP contribution in [0.2, 0.25) is 0 Å². The summed E-state index contributed by atoms with van der Waals surface area (Å²) in [5.41, 5.74) is 1.66. The number of carbonyl (C=O) groups excluding carboxylic acids is 2. The highest BCUT2D eigenvalue weighted by atomic mass is 32.2. The fourth-order valence-corrected chi connectivity index (χ4v) is 5.79. The fraction of sp³-hybridized carbons (Fsp3) is 0.154. The highest BCUT2D eigenvalue weighted by Crippen LogP contribution is 2.34. The van der Waals surface area contributed by atoms with Gasteiger partial charge >= 0.3 is 0 Å². The molecule has 0 aliphatic heterocycles. The van der Waals surface area contributed by atoms with Crippen molar-refractivity contribution in [1.82, 2.24) is 0 Å². The molecule has 1 aromatic heterocycles. The molecule has 0 bridgehead atoms. The van der Waals surface area contributed by atoms with Crippen molar-refractivity contribution in [3.8, 4) is 11.5 Å². The molecule has 9 nitrogen and oxygen atoms in total. The van der Waals surface area contributed by atoms with Crippen molar-refractivity contribution in [2.45, 2.75) is 11.8 Å². The van der Waals surface area contributed by atoms with E-state index in [1.807, 2.05) is 0 Å². The minimum Gasteiger partial charge on any atom is -0.493 e. The molecule has 0 spiro atoms. The Morgan fingerprint density at radius 3 is 2.11 bits per heavy atom. The van der Waals surface area contributed by atoms with Crippen molar-refractivity contribution in [3.05, 3.63) is 71.6 Å². The number of fused-ring (bicyclic) bond motifs is 1. The van der Waals surface area contributed by atoms with Gasteiger partial charge in [-0.25, -0.2) is 8.42 Å². The lowest BCUT2D eigenvalue weighted by Gasteiger charge is -2.20. The summed E-state index contributed by atoms with van der Waals surface area (Å²) in [5.74, 6) is 0.272. The number of rotatable bonds is 8. The van der Waals surface area contributed by atoms with E-state index in [0.29, 0.717) is 33.4 Å².